The standard InChI is InChI=1S/C18H12Cl2N8/c19-11-1-5-13(6-2-11)24-26-15-9-22-18-16(10-23-28(18)17(15)21)27-25-14-7-3-12(20)4-8-14/h1-10H,21H2. The molecule has 10 heteroatoms. The molecule has 28 heavy (non-hydrogen) atoms. The Balaban J connectivity index is 1.62. The molecule has 0 bridgehead atoms. The zero-order chi connectivity index (χ0) is 19.5. The summed E-state index contributed by atoms with van der Waals surface area (Å²) in [6, 6.07) is 13.9. The summed E-state index contributed by atoms with van der Waals surface area (Å²) < 4.78 is 1.44. The summed E-state index contributed by atoms with van der Waals surface area (Å²) >= 11 is 11.7. The molecule has 0 saturated carbocycles. The third kappa shape index (κ3) is 3.83. The Kier molecular flexibility index (Phi) is 4.96. The maximum atomic E-state index is 6.14. The van der Waals surface area contributed by atoms with Gasteiger partial charge in [-0.15, -0.1) is 10.2 Å². The van der Waals surface area contributed by atoms with Crippen molar-refractivity contribution in [2.24, 2.45) is 20.5 Å². The minimum absolute atomic E-state index is 0.288. The van der Waals surface area contributed by atoms with Crippen molar-refractivity contribution in [3.63, 3.8) is 0 Å². The second kappa shape index (κ2) is 7.71. The van der Waals surface area contributed by atoms with Crippen LogP contribution in [0.25, 0.3) is 5.65 Å². The van der Waals surface area contributed by atoms with Gasteiger partial charge < -0.3 is 5.73 Å². The van der Waals surface area contributed by atoms with Crippen LogP contribution in [-0.4, -0.2) is 14.6 Å². The lowest BCUT2D eigenvalue weighted by atomic mass is 10.3. The Morgan fingerprint density at radius 1 is 0.714 bits per heavy atom. The minimum atomic E-state index is 0.288. The van der Waals surface area contributed by atoms with Gasteiger partial charge in [0.05, 0.1) is 23.8 Å². The monoisotopic (exact) mass is 410 g/mol. The van der Waals surface area contributed by atoms with Crippen molar-refractivity contribution in [3.8, 4) is 0 Å². The first-order valence-electron chi connectivity index (χ1n) is 8.07. The van der Waals surface area contributed by atoms with Gasteiger partial charge in [0, 0.05) is 10.0 Å². The lowest BCUT2D eigenvalue weighted by molar-refractivity contribution is 0.947. The van der Waals surface area contributed by atoms with E-state index >= 15 is 0 Å². The molecular weight excluding hydrogens is 399 g/mol. The van der Waals surface area contributed by atoms with Crippen LogP contribution in [0.3, 0.4) is 0 Å². The molecule has 0 radical (unpaired) electrons. The van der Waals surface area contributed by atoms with Gasteiger partial charge in [-0.05, 0) is 48.5 Å². The zero-order valence-electron chi connectivity index (χ0n) is 14.2. The summed E-state index contributed by atoms with van der Waals surface area (Å²) in [4.78, 5) is 4.33. The van der Waals surface area contributed by atoms with Crippen LogP contribution in [0.5, 0.6) is 0 Å². The maximum absolute atomic E-state index is 6.14. The van der Waals surface area contributed by atoms with Gasteiger partial charge in [-0.1, -0.05) is 23.2 Å². The highest BCUT2D eigenvalue weighted by Crippen LogP contribution is 2.29. The van der Waals surface area contributed by atoms with Crippen molar-refractivity contribution in [2.75, 3.05) is 5.73 Å². The van der Waals surface area contributed by atoms with Crippen LogP contribution in [0.2, 0.25) is 10.0 Å². The predicted molar refractivity (Wildman–Crippen MR) is 109 cm³/mol. The fourth-order valence-corrected chi connectivity index (χ4v) is 2.57. The van der Waals surface area contributed by atoms with Gasteiger partial charge in [-0.2, -0.15) is 19.8 Å². The molecule has 0 aliphatic rings. The maximum Gasteiger partial charge on any atom is 0.185 e. The molecule has 0 aliphatic carbocycles. The number of nitrogens with two attached hydrogens (primary N) is 1. The zero-order valence-corrected chi connectivity index (χ0v) is 15.7. The van der Waals surface area contributed by atoms with E-state index < -0.39 is 0 Å². The van der Waals surface area contributed by atoms with E-state index in [2.05, 4.69) is 30.5 Å². The number of halogens is 2. The number of aromatic nitrogens is 3. The lowest BCUT2D eigenvalue weighted by Gasteiger charge is -2.01. The SMILES string of the molecule is Nc1c(N=Nc2ccc(Cl)cc2)cnc2c(N=Nc3ccc(Cl)cc3)cnn12. The molecular formula is C18H12Cl2N8. The van der Waals surface area contributed by atoms with Gasteiger partial charge in [0.25, 0.3) is 0 Å². The fraction of sp³-hybridized carbons (Fsp3) is 0. The molecule has 138 valence electrons. The summed E-state index contributed by atoms with van der Waals surface area (Å²) in [5.41, 5.74) is 8.76. The summed E-state index contributed by atoms with van der Waals surface area (Å²) in [6.45, 7) is 0. The molecule has 0 amide bonds. The van der Waals surface area contributed by atoms with Gasteiger partial charge in [0.1, 0.15) is 5.69 Å². The van der Waals surface area contributed by atoms with Crippen LogP contribution in [0.15, 0.2) is 81.4 Å². The number of hydrogen-bond acceptors (Lipinski definition) is 7. The molecule has 0 atom stereocenters. The first-order chi connectivity index (χ1) is 13.6. The van der Waals surface area contributed by atoms with Crippen molar-refractivity contribution in [1.29, 1.82) is 0 Å². The van der Waals surface area contributed by atoms with Crippen LogP contribution in [0.4, 0.5) is 28.6 Å². The third-order valence-electron chi connectivity index (χ3n) is 3.72. The Labute approximate surface area is 169 Å². The van der Waals surface area contributed by atoms with Crippen molar-refractivity contribution in [3.05, 3.63) is 71.0 Å². The molecule has 4 rings (SSSR count). The molecule has 0 aliphatic heterocycles. The first kappa shape index (κ1) is 18.0. The minimum Gasteiger partial charge on any atom is -0.382 e. The number of rotatable bonds is 4. The average Bonchev–Trinajstić information content (AvgIpc) is 3.12. The molecule has 0 fully saturated rings. The fourth-order valence-electron chi connectivity index (χ4n) is 2.31. The average molecular weight is 411 g/mol. The van der Waals surface area contributed by atoms with E-state index in [0.717, 1.165) is 0 Å². The topological polar surface area (TPSA) is 106 Å². The predicted octanol–water partition coefficient (Wildman–Crippen LogP) is 6.45. The Bertz CT molecular complexity index is 1180. The summed E-state index contributed by atoms with van der Waals surface area (Å²) in [5, 5.41) is 22.1. The second-order valence-electron chi connectivity index (χ2n) is 5.65. The van der Waals surface area contributed by atoms with Crippen LogP contribution in [0.1, 0.15) is 0 Å². The van der Waals surface area contributed by atoms with Gasteiger partial charge in [-0.3, -0.25) is 0 Å². The first-order valence-corrected chi connectivity index (χ1v) is 8.82. The number of nitrogens with zero attached hydrogens (tertiary/aromatic N) is 7. The smallest absolute Gasteiger partial charge is 0.185 e. The van der Waals surface area contributed by atoms with Gasteiger partial charge in [0.2, 0.25) is 0 Å². The highest BCUT2D eigenvalue weighted by atomic mass is 35.5. The van der Waals surface area contributed by atoms with E-state index in [4.69, 9.17) is 28.9 Å². The number of benzene rings is 2. The quantitative estimate of drug-likeness (QED) is 0.390. The van der Waals surface area contributed by atoms with E-state index in [-0.39, 0.29) is 5.82 Å². The Morgan fingerprint density at radius 2 is 1.25 bits per heavy atom. The van der Waals surface area contributed by atoms with E-state index in [9.17, 15) is 0 Å². The Morgan fingerprint density at radius 3 is 1.82 bits per heavy atom. The van der Waals surface area contributed by atoms with E-state index in [1.807, 2.05) is 0 Å². The Hall–Kier alpha value is -3.36. The molecule has 2 N–H and O–H groups in total. The highest BCUT2D eigenvalue weighted by Gasteiger charge is 2.11. The van der Waals surface area contributed by atoms with Gasteiger partial charge in [-0.25, -0.2) is 4.98 Å². The molecule has 0 saturated heterocycles. The second-order valence-corrected chi connectivity index (χ2v) is 6.52. The normalized spacial score (nSPS) is 11.8. The van der Waals surface area contributed by atoms with Crippen molar-refractivity contribution < 1.29 is 0 Å². The van der Waals surface area contributed by atoms with E-state index in [1.54, 1.807) is 48.5 Å². The number of azo groups is 2. The summed E-state index contributed by atoms with van der Waals surface area (Å²) in [7, 11) is 0. The number of nitrogen functional groups attached to an aromatic ring is 1. The molecule has 4 aromatic rings. The lowest BCUT2D eigenvalue weighted by Crippen LogP contribution is -1.99. The molecule has 2 aromatic heterocycles. The van der Waals surface area contributed by atoms with Crippen molar-refractivity contribution in [1.82, 2.24) is 14.6 Å². The summed E-state index contributed by atoms with van der Waals surface area (Å²) in [5.74, 6) is 0.288. The molecule has 2 heterocycles. The van der Waals surface area contributed by atoms with Crippen molar-refractivity contribution >= 4 is 57.4 Å². The van der Waals surface area contributed by atoms with E-state index in [0.29, 0.717) is 38.4 Å². The molecule has 2 aromatic carbocycles. The number of fused-ring (bicyclic) bond motifs is 1. The number of hydrogen-bond donors (Lipinski definition) is 1. The third-order valence-corrected chi connectivity index (χ3v) is 4.23. The van der Waals surface area contributed by atoms with Crippen LogP contribution < -0.4 is 5.73 Å². The summed E-state index contributed by atoms with van der Waals surface area (Å²) in [6.07, 6.45) is 3.03. The van der Waals surface area contributed by atoms with Gasteiger partial charge in [0.15, 0.2) is 17.2 Å². The molecule has 8 nitrogen and oxygen atoms in total. The highest BCUT2D eigenvalue weighted by molar-refractivity contribution is 6.30. The number of anilines is 1. The van der Waals surface area contributed by atoms with Crippen LogP contribution in [-0.2, 0) is 0 Å². The van der Waals surface area contributed by atoms with E-state index in [1.165, 1.54) is 16.9 Å². The van der Waals surface area contributed by atoms with Crippen LogP contribution >= 0.6 is 23.2 Å². The largest absolute Gasteiger partial charge is 0.382 e. The molecule has 0 unspecified atom stereocenters. The van der Waals surface area contributed by atoms with Crippen LogP contribution in [0, 0.1) is 0 Å². The molecule has 0 spiro atoms. The van der Waals surface area contributed by atoms with Gasteiger partial charge >= 0.3 is 0 Å². The van der Waals surface area contributed by atoms with Crippen molar-refractivity contribution in [2.45, 2.75) is 0 Å².